The highest BCUT2D eigenvalue weighted by molar-refractivity contribution is 5.73. The van der Waals surface area contributed by atoms with Crippen LogP contribution < -0.4 is 0 Å². The summed E-state index contributed by atoms with van der Waals surface area (Å²) in [6.07, 6.45) is 5.28. The number of nitrogens with zero attached hydrogens (tertiary/aromatic N) is 2. The molecule has 1 amide bonds. The third kappa shape index (κ3) is 3.81. The lowest BCUT2D eigenvalue weighted by Gasteiger charge is -2.31. The summed E-state index contributed by atoms with van der Waals surface area (Å²) in [6.45, 7) is 10.1. The van der Waals surface area contributed by atoms with Gasteiger partial charge in [0.1, 0.15) is 0 Å². The Bertz CT molecular complexity index is 468. The molecule has 1 fully saturated rings. The Labute approximate surface area is 122 Å². The van der Waals surface area contributed by atoms with Gasteiger partial charge in [-0.3, -0.25) is 9.78 Å². The summed E-state index contributed by atoms with van der Waals surface area (Å²) >= 11 is 0. The highest BCUT2D eigenvalue weighted by Crippen LogP contribution is 2.25. The van der Waals surface area contributed by atoms with Gasteiger partial charge in [-0.1, -0.05) is 20.8 Å². The first-order valence-corrected chi connectivity index (χ1v) is 7.57. The first-order chi connectivity index (χ1) is 9.36. The Morgan fingerprint density at radius 3 is 2.55 bits per heavy atom. The number of pyridine rings is 1. The number of amides is 1. The standard InChI is InChI=1S/C17H26N2O/c1-13(20)19-9-6-14(7-10-19)11-15-5-8-18-16(12-15)17(2,3)4/h5,8,12,14H,6-7,9-11H2,1-4H3. The molecule has 20 heavy (non-hydrogen) atoms. The van der Waals surface area contributed by atoms with E-state index in [9.17, 15) is 4.79 Å². The Morgan fingerprint density at radius 2 is 2.00 bits per heavy atom. The van der Waals surface area contributed by atoms with E-state index < -0.39 is 0 Å². The molecule has 1 aliphatic heterocycles. The van der Waals surface area contributed by atoms with Crippen LogP contribution in [0.2, 0.25) is 0 Å². The summed E-state index contributed by atoms with van der Waals surface area (Å²) in [5.74, 6) is 0.906. The molecule has 0 unspecified atom stereocenters. The summed E-state index contributed by atoms with van der Waals surface area (Å²) in [7, 11) is 0. The molecule has 0 aromatic carbocycles. The molecule has 2 heterocycles. The highest BCUT2D eigenvalue weighted by Gasteiger charge is 2.21. The molecule has 0 N–H and O–H groups in total. The summed E-state index contributed by atoms with van der Waals surface area (Å²) in [5, 5.41) is 0. The SMILES string of the molecule is CC(=O)N1CCC(Cc2ccnc(C(C)(C)C)c2)CC1. The van der Waals surface area contributed by atoms with E-state index in [0.717, 1.165) is 38.0 Å². The van der Waals surface area contributed by atoms with E-state index in [2.05, 4.69) is 37.9 Å². The minimum Gasteiger partial charge on any atom is -0.343 e. The minimum absolute atomic E-state index is 0.105. The van der Waals surface area contributed by atoms with Crippen molar-refractivity contribution >= 4 is 5.91 Å². The molecule has 1 saturated heterocycles. The maximum Gasteiger partial charge on any atom is 0.219 e. The van der Waals surface area contributed by atoms with Crippen molar-refractivity contribution in [2.24, 2.45) is 5.92 Å². The number of hydrogen-bond acceptors (Lipinski definition) is 2. The molecule has 2 rings (SSSR count). The average Bonchev–Trinajstić information content (AvgIpc) is 2.38. The largest absolute Gasteiger partial charge is 0.343 e. The quantitative estimate of drug-likeness (QED) is 0.830. The van der Waals surface area contributed by atoms with Gasteiger partial charge in [-0.2, -0.15) is 0 Å². The van der Waals surface area contributed by atoms with Crippen LogP contribution in [0.25, 0.3) is 0 Å². The van der Waals surface area contributed by atoms with Gasteiger partial charge in [0.2, 0.25) is 5.91 Å². The molecular formula is C17H26N2O. The van der Waals surface area contributed by atoms with Gasteiger partial charge >= 0.3 is 0 Å². The van der Waals surface area contributed by atoms with E-state index in [1.165, 1.54) is 5.56 Å². The van der Waals surface area contributed by atoms with E-state index in [0.29, 0.717) is 5.92 Å². The number of hydrogen-bond donors (Lipinski definition) is 0. The number of likely N-dealkylation sites (tertiary alicyclic amines) is 1. The summed E-state index contributed by atoms with van der Waals surface area (Å²) in [6, 6.07) is 4.38. The fourth-order valence-corrected chi connectivity index (χ4v) is 2.80. The second-order valence-corrected chi connectivity index (χ2v) is 6.95. The van der Waals surface area contributed by atoms with Gasteiger partial charge in [-0.05, 0) is 42.9 Å². The Kier molecular flexibility index (Phi) is 4.46. The van der Waals surface area contributed by atoms with Crippen LogP contribution >= 0.6 is 0 Å². The molecule has 1 aromatic heterocycles. The van der Waals surface area contributed by atoms with Crippen LogP contribution in [-0.2, 0) is 16.6 Å². The predicted molar refractivity (Wildman–Crippen MR) is 81.6 cm³/mol. The molecular weight excluding hydrogens is 248 g/mol. The van der Waals surface area contributed by atoms with E-state index in [-0.39, 0.29) is 11.3 Å². The van der Waals surface area contributed by atoms with Gasteiger partial charge in [0.15, 0.2) is 0 Å². The monoisotopic (exact) mass is 274 g/mol. The van der Waals surface area contributed by atoms with Crippen LogP contribution in [-0.4, -0.2) is 28.9 Å². The van der Waals surface area contributed by atoms with Gasteiger partial charge in [0.05, 0.1) is 0 Å². The van der Waals surface area contributed by atoms with Gasteiger partial charge < -0.3 is 4.90 Å². The van der Waals surface area contributed by atoms with Crippen molar-refractivity contribution in [1.29, 1.82) is 0 Å². The predicted octanol–water partition coefficient (Wildman–Crippen LogP) is 3.18. The maximum atomic E-state index is 11.3. The van der Waals surface area contributed by atoms with Crippen LogP contribution in [0.15, 0.2) is 18.3 Å². The molecule has 1 aromatic rings. The second kappa shape index (κ2) is 5.94. The fraction of sp³-hybridized carbons (Fsp3) is 0.647. The summed E-state index contributed by atoms with van der Waals surface area (Å²) < 4.78 is 0. The van der Waals surface area contributed by atoms with E-state index in [1.807, 2.05) is 11.1 Å². The molecule has 0 bridgehead atoms. The van der Waals surface area contributed by atoms with Crippen molar-refractivity contribution in [2.75, 3.05) is 13.1 Å². The molecule has 0 atom stereocenters. The summed E-state index contributed by atoms with van der Waals surface area (Å²) in [5.41, 5.74) is 2.65. The van der Waals surface area contributed by atoms with E-state index in [1.54, 1.807) is 6.92 Å². The number of piperidine rings is 1. The maximum absolute atomic E-state index is 11.3. The molecule has 3 nitrogen and oxygen atoms in total. The van der Waals surface area contributed by atoms with Crippen molar-refractivity contribution in [3.8, 4) is 0 Å². The zero-order chi connectivity index (χ0) is 14.8. The van der Waals surface area contributed by atoms with Crippen LogP contribution in [0.3, 0.4) is 0 Å². The molecule has 0 saturated carbocycles. The lowest BCUT2D eigenvalue weighted by atomic mass is 9.87. The fourth-order valence-electron chi connectivity index (χ4n) is 2.80. The Hall–Kier alpha value is -1.38. The lowest BCUT2D eigenvalue weighted by Crippen LogP contribution is -2.37. The average molecular weight is 274 g/mol. The van der Waals surface area contributed by atoms with E-state index >= 15 is 0 Å². The summed E-state index contributed by atoms with van der Waals surface area (Å²) in [4.78, 5) is 17.8. The van der Waals surface area contributed by atoms with Crippen molar-refractivity contribution in [2.45, 2.75) is 52.4 Å². The van der Waals surface area contributed by atoms with Crippen molar-refractivity contribution < 1.29 is 4.79 Å². The smallest absolute Gasteiger partial charge is 0.219 e. The van der Waals surface area contributed by atoms with E-state index in [4.69, 9.17) is 0 Å². The zero-order valence-corrected chi connectivity index (χ0v) is 13.1. The molecule has 110 valence electrons. The first kappa shape index (κ1) is 15.0. The number of rotatable bonds is 2. The van der Waals surface area contributed by atoms with Gasteiger partial charge in [0, 0.05) is 37.3 Å². The Morgan fingerprint density at radius 1 is 1.35 bits per heavy atom. The molecule has 1 aliphatic rings. The topological polar surface area (TPSA) is 33.2 Å². The zero-order valence-electron chi connectivity index (χ0n) is 13.1. The molecule has 0 aliphatic carbocycles. The Balaban J connectivity index is 1.96. The van der Waals surface area contributed by atoms with Crippen LogP contribution in [0.1, 0.15) is 51.8 Å². The van der Waals surface area contributed by atoms with Crippen molar-refractivity contribution in [3.05, 3.63) is 29.6 Å². The number of carbonyl (C=O) groups is 1. The number of aromatic nitrogens is 1. The number of carbonyl (C=O) groups excluding carboxylic acids is 1. The lowest BCUT2D eigenvalue weighted by molar-refractivity contribution is -0.130. The van der Waals surface area contributed by atoms with Gasteiger partial charge in [-0.15, -0.1) is 0 Å². The normalized spacial score (nSPS) is 17.3. The van der Waals surface area contributed by atoms with Crippen LogP contribution in [0.5, 0.6) is 0 Å². The van der Waals surface area contributed by atoms with Crippen molar-refractivity contribution in [1.82, 2.24) is 9.88 Å². The third-order valence-electron chi connectivity index (χ3n) is 4.18. The molecule has 0 spiro atoms. The third-order valence-corrected chi connectivity index (χ3v) is 4.18. The highest BCUT2D eigenvalue weighted by atomic mass is 16.2. The molecule has 3 heteroatoms. The van der Waals surface area contributed by atoms with Gasteiger partial charge in [-0.25, -0.2) is 0 Å². The van der Waals surface area contributed by atoms with Crippen molar-refractivity contribution in [3.63, 3.8) is 0 Å². The van der Waals surface area contributed by atoms with Crippen LogP contribution in [0.4, 0.5) is 0 Å². The first-order valence-electron chi connectivity index (χ1n) is 7.57. The second-order valence-electron chi connectivity index (χ2n) is 6.95. The van der Waals surface area contributed by atoms with Crippen LogP contribution in [0, 0.1) is 5.92 Å². The van der Waals surface area contributed by atoms with Gasteiger partial charge in [0.25, 0.3) is 0 Å². The molecule has 0 radical (unpaired) electrons. The minimum atomic E-state index is 0.105.